The van der Waals surface area contributed by atoms with Crippen molar-refractivity contribution in [2.75, 3.05) is 6.61 Å². The Hall–Kier alpha value is -1.65. The molecule has 3 nitrogen and oxygen atoms in total. The third-order valence-corrected chi connectivity index (χ3v) is 9.25. The fraction of sp³-hybridized carbons (Fsp3) is 0.700. The van der Waals surface area contributed by atoms with Crippen molar-refractivity contribution in [1.82, 2.24) is 0 Å². The molecule has 2 aromatic carbocycles. The molecule has 0 aliphatic rings. The van der Waals surface area contributed by atoms with Gasteiger partial charge in [-0.3, -0.25) is 0 Å². The summed E-state index contributed by atoms with van der Waals surface area (Å²) in [7, 11) is 0. The van der Waals surface area contributed by atoms with Crippen LogP contribution in [0.2, 0.25) is 0 Å². The minimum absolute atomic E-state index is 0.0140. The average Bonchev–Trinajstić information content (AvgIpc) is 2.87. The van der Waals surface area contributed by atoms with E-state index < -0.39 is 0 Å². The molecule has 0 saturated heterocycles. The van der Waals surface area contributed by atoms with Crippen LogP contribution in [-0.2, 0) is 10.8 Å². The summed E-state index contributed by atoms with van der Waals surface area (Å²) >= 11 is 1.44. The van der Waals surface area contributed by atoms with Gasteiger partial charge in [0.15, 0.2) is 0 Å². The van der Waals surface area contributed by atoms with Gasteiger partial charge in [0.2, 0.25) is 0 Å². The molecule has 0 radical (unpaired) electrons. The van der Waals surface area contributed by atoms with Crippen LogP contribution < -0.4 is 0 Å². The number of hydrogen-bond donors (Lipinski definition) is 3. The highest BCUT2D eigenvalue weighted by atomic mass is 32.2. The van der Waals surface area contributed by atoms with Gasteiger partial charge in [-0.2, -0.15) is 0 Å². The lowest BCUT2D eigenvalue weighted by Gasteiger charge is -2.33. The van der Waals surface area contributed by atoms with Gasteiger partial charge in [0.25, 0.3) is 0 Å². The van der Waals surface area contributed by atoms with Gasteiger partial charge in [-0.05, 0) is 76.3 Å². The van der Waals surface area contributed by atoms with Crippen molar-refractivity contribution < 1.29 is 15.3 Å². The fourth-order valence-corrected chi connectivity index (χ4v) is 7.56. The molecular weight excluding hydrogens is 561 g/mol. The van der Waals surface area contributed by atoms with Crippen LogP contribution in [0, 0.1) is 10.8 Å². The first-order valence-corrected chi connectivity index (χ1v) is 18.1. The Morgan fingerprint density at radius 3 is 1.18 bits per heavy atom. The van der Waals surface area contributed by atoms with Crippen molar-refractivity contribution in [2.45, 2.75) is 174 Å². The molecule has 2 aromatic rings. The summed E-state index contributed by atoms with van der Waals surface area (Å²) in [6, 6.07) is 11.8. The second-order valence-electron chi connectivity index (χ2n) is 16.6. The first-order valence-electron chi connectivity index (χ1n) is 17.3. The monoisotopic (exact) mass is 628 g/mol. The lowest BCUT2D eigenvalue weighted by Crippen LogP contribution is -2.24. The van der Waals surface area contributed by atoms with E-state index in [9.17, 15) is 10.2 Å². The Morgan fingerprint density at radius 2 is 0.864 bits per heavy atom. The summed E-state index contributed by atoms with van der Waals surface area (Å²) in [5.41, 5.74) is 2.79. The molecule has 4 heteroatoms. The number of phenolic OH excluding ortho intramolecular Hbond substituents is 2. The zero-order valence-electron chi connectivity index (χ0n) is 30.4. The summed E-state index contributed by atoms with van der Waals surface area (Å²) in [6.45, 7) is 25.2. The Labute approximate surface area is 276 Å². The number of aliphatic hydroxyl groups excluding tert-OH is 1. The van der Waals surface area contributed by atoms with Gasteiger partial charge in [0, 0.05) is 6.61 Å². The molecule has 3 N–H and O–H groups in total. The van der Waals surface area contributed by atoms with E-state index in [2.05, 4.69) is 88.3 Å². The summed E-state index contributed by atoms with van der Waals surface area (Å²) in [5.74, 6) is 0.498. The molecule has 0 saturated carbocycles. The predicted octanol–water partition coefficient (Wildman–Crippen LogP) is 12.6. The number of unbranched alkanes of at least 4 members (excludes halogenated alkanes) is 9. The molecule has 0 aromatic heterocycles. The maximum atomic E-state index is 10.6. The Bertz CT molecular complexity index is 1000. The Kier molecular flexibility index (Phi) is 17.0. The molecule has 0 bridgehead atoms. The smallest absolute Gasteiger partial charge is 0.129 e. The van der Waals surface area contributed by atoms with Crippen molar-refractivity contribution >= 4 is 11.8 Å². The maximum absolute atomic E-state index is 10.6. The molecule has 252 valence electrons. The zero-order chi connectivity index (χ0) is 33.6. The van der Waals surface area contributed by atoms with Crippen molar-refractivity contribution in [3.05, 3.63) is 47.5 Å². The Morgan fingerprint density at radius 1 is 0.523 bits per heavy atom. The van der Waals surface area contributed by atoms with E-state index in [1.54, 1.807) is 12.1 Å². The average molecular weight is 629 g/mol. The van der Waals surface area contributed by atoms with Crippen LogP contribution in [0.3, 0.4) is 0 Å². The third kappa shape index (κ3) is 16.1. The summed E-state index contributed by atoms with van der Waals surface area (Å²) in [6.07, 6.45) is 15.4. The van der Waals surface area contributed by atoms with Crippen molar-refractivity contribution in [3.8, 4) is 11.5 Å². The zero-order valence-corrected chi connectivity index (χ0v) is 31.2. The first-order chi connectivity index (χ1) is 20.3. The van der Waals surface area contributed by atoms with Crippen molar-refractivity contribution in [3.63, 3.8) is 0 Å². The van der Waals surface area contributed by atoms with Gasteiger partial charge in [-0.25, -0.2) is 0 Å². The van der Waals surface area contributed by atoms with E-state index in [1.165, 1.54) is 80.7 Å². The SMILES string of the molecule is CC(C)(C)CC(C)(C)c1ccc(O)c(Sc2cc(C(C)(C)CC(C)(C)C)ccc2O)c1.CCCCCCCCCCCCO. The molecule has 2 rings (SSSR count). The number of aromatic hydroxyl groups is 2. The topological polar surface area (TPSA) is 60.7 Å². The van der Waals surface area contributed by atoms with Gasteiger partial charge in [-0.15, -0.1) is 0 Å². The molecule has 0 aliphatic heterocycles. The third-order valence-electron chi connectivity index (χ3n) is 8.16. The molecule has 0 fully saturated rings. The second-order valence-corrected chi connectivity index (χ2v) is 17.7. The number of rotatable bonds is 16. The van der Waals surface area contributed by atoms with Gasteiger partial charge in [0.05, 0.1) is 9.79 Å². The highest BCUT2D eigenvalue weighted by Crippen LogP contribution is 2.45. The summed E-state index contributed by atoms with van der Waals surface area (Å²) in [4.78, 5) is 1.56. The predicted molar refractivity (Wildman–Crippen MR) is 193 cm³/mol. The lowest BCUT2D eigenvalue weighted by atomic mass is 9.72. The minimum Gasteiger partial charge on any atom is -0.507 e. The van der Waals surface area contributed by atoms with E-state index in [-0.39, 0.29) is 33.2 Å². The Balaban J connectivity index is 0.000000627. The number of hydrogen-bond acceptors (Lipinski definition) is 4. The molecule has 0 spiro atoms. The largest absolute Gasteiger partial charge is 0.507 e. The van der Waals surface area contributed by atoms with E-state index in [0.717, 1.165) is 29.1 Å². The highest BCUT2D eigenvalue weighted by molar-refractivity contribution is 7.99. The van der Waals surface area contributed by atoms with E-state index in [0.29, 0.717) is 6.61 Å². The second kappa shape index (κ2) is 18.5. The molecule has 44 heavy (non-hydrogen) atoms. The summed E-state index contributed by atoms with van der Waals surface area (Å²) < 4.78 is 0. The first kappa shape index (κ1) is 40.4. The molecule has 0 amide bonds. The number of aliphatic hydroxyl groups is 1. The quantitative estimate of drug-likeness (QED) is 0.162. The number of phenols is 2. The van der Waals surface area contributed by atoms with Crippen molar-refractivity contribution in [2.24, 2.45) is 10.8 Å². The number of benzene rings is 2. The van der Waals surface area contributed by atoms with E-state index >= 15 is 0 Å². The molecular formula is C40H68O3S. The van der Waals surface area contributed by atoms with Crippen LogP contribution >= 0.6 is 11.8 Å². The van der Waals surface area contributed by atoms with Crippen LogP contribution in [0.1, 0.15) is 164 Å². The van der Waals surface area contributed by atoms with Gasteiger partial charge >= 0.3 is 0 Å². The normalized spacial score (nSPS) is 12.6. The maximum Gasteiger partial charge on any atom is 0.129 e. The van der Waals surface area contributed by atoms with Gasteiger partial charge in [-0.1, -0.05) is 158 Å². The lowest BCUT2D eigenvalue weighted by molar-refractivity contribution is 0.282. The van der Waals surface area contributed by atoms with Crippen LogP contribution in [0.15, 0.2) is 46.2 Å². The standard InChI is InChI=1S/C28H42O2S.C12H26O/c1-25(2,3)17-27(7,8)19-11-13-21(29)23(15-19)31-24-16-20(12-14-22(24)30)28(9,10)18-26(4,5)6;1-2-3-4-5-6-7-8-9-10-11-12-13/h11-16,29-30H,17-18H2,1-10H3;13H,2-12H2,1H3. The van der Waals surface area contributed by atoms with Crippen molar-refractivity contribution in [1.29, 1.82) is 0 Å². The van der Waals surface area contributed by atoms with E-state index in [4.69, 9.17) is 5.11 Å². The van der Waals surface area contributed by atoms with Crippen LogP contribution in [0.25, 0.3) is 0 Å². The fourth-order valence-electron chi connectivity index (χ4n) is 6.61. The van der Waals surface area contributed by atoms with Gasteiger partial charge < -0.3 is 15.3 Å². The van der Waals surface area contributed by atoms with Gasteiger partial charge in [0.1, 0.15) is 11.5 Å². The molecule has 0 heterocycles. The van der Waals surface area contributed by atoms with Crippen LogP contribution in [-0.4, -0.2) is 21.9 Å². The highest BCUT2D eigenvalue weighted by Gasteiger charge is 2.29. The summed E-state index contributed by atoms with van der Waals surface area (Å²) in [5, 5.41) is 29.7. The molecule has 0 aliphatic carbocycles. The minimum atomic E-state index is -0.0140. The van der Waals surface area contributed by atoms with Crippen LogP contribution in [0.5, 0.6) is 11.5 Å². The van der Waals surface area contributed by atoms with Crippen LogP contribution in [0.4, 0.5) is 0 Å². The molecule has 0 atom stereocenters. The van der Waals surface area contributed by atoms with E-state index in [1.807, 2.05) is 12.1 Å². The molecule has 0 unspecified atom stereocenters.